The van der Waals surface area contributed by atoms with Gasteiger partial charge in [0.1, 0.15) is 0 Å². The van der Waals surface area contributed by atoms with Gasteiger partial charge in [0.15, 0.2) is 0 Å². The summed E-state index contributed by atoms with van der Waals surface area (Å²) in [7, 11) is 0. The fourth-order valence-electron chi connectivity index (χ4n) is 0.342. The zero-order valence-electron chi connectivity index (χ0n) is 14.4. The molecule has 1 aromatic rings. The van der Waals surface area contributed by atoms with Crippen molar-refractivity contribution in [3.8, 4) is 0 Å². The van der Waals surface area contributed by atoms with Crippen LogP contribution in [0.5, 0.6) is 0 Å². The van der Waals surface area contributed by atoms with Crippen LogP contribution in [0.4, 0.5) is 0 Å². The van der Waals surface area contributed by atoms with Crippen molar-refractivity contribution in [3.05, 3.63) is 29.5 Å². The molecule has 1 aromatic heterocycles. The molecule has 1 heterocycles. The van der Waals surface area contributed by atoms with Gasteiger partial charge < -0.3 is 0 Å². The molecule has 1 rings (SSSR count). The predicted molar refractivity (Wildman–Crippen MR) is 96.7 cm³/mol. The molecule has 0 unspecified atom stereocenters. The van der Waals surface area contributed by atoms with Gasteiger partial charge in [-0.05, 0) is 12.1 Å². The third-order valence-electron chi connectivity index (χ3n) is 2.13. The number of rotatable bonds is 3. The first-order valence-electron chi connectivity index (χ1n) is 7.69. The van der Waals surface area contributed by atoms with Gasteiger partial charge >= 0.3 is 0 Å². The topological polar surface area (TPSA) is 12.9 Å². The van der Waals surface area contributed by atoms with E-state index in [1.165, 1.54) is 38.5 Å². The Kier molecular flexibility index (Phi) is 44.8. The van der Waals surface area contributed by atoms with Crippen LogP contribution >= 0.6 is 11.6 Å². The first-order valence-corrected chi connectivity index (χ1v) is 8.07. The summed E-state index contributed by atoms with van der Waals surface area (Å²) in [4.78, 5) is 3.75. The first kappa shape index (κ1) is 28.4. The van der Waals surface area contributed by atoms with Crippen LogP contribution in [-0.4, -0.2) is 28.9 Å². The summed E-state index contributed by atoms with van der Waals surface area (Å²) in [6.07, 6.45) is 11.2. The van der Waals surface area contributed by atoms with Crippen LogP contribution in [0.15, 0.2) is 24.5 Å². The van der Waals surface area contributed by atoms with Gasteiger partial charge in [-0.1, -0.05) is 91.7 Å². The molecule has 0 fully saturated rings. The Morgan fingerprint density at radius 1 is 0.800 bits per heavy atom. The van der Waals surface area contributed by atoms with Crippen molar-refractivity contribution < 1.29 is 0 Å². The van der Waals surface area contributed by atoms with Crippen molar-refractivity contribution in [2.75, 3.05) is 0 Å². The van der Waals surface area contributed by atoms with Crippen LogP contribution in [-0.2, 0) is 0 Å². The fraction of sp³-hybridized carbons (Fsp3) is 0.706. The summed E-state index contributed by atoms with van der Waals surface area (Å²) in [6, 6.07) is 3.58. The van der Waals surface area contributed by atoms with E-state index >= 15 is 0 Å². The van der Waals surface area contributed by atoms with Crippen LogP contribution in [0.2, 0.25) is 5.02 Å². The molecule has 0 aromatic carbocycles. The number of hydrogen-bond acceptors (Lipinski definition) is 1. The molecule has 0 aliphatic carbocycles. The second-order valence-corrected chi connectivity index (χ2v) is 4.61. The van der Waals surface area contributed by atoms with E-state index in [9.17, 15) is 0 Å². The monoisotopic (exact) mass is 407 g/mol. The van der Waals surface area contributed by atoms with Crippen LogP contribution < -0.4 is 0 Å². The molecule has 0 bridgehead atoms. The molecule has 0 atom stereocenters. The summed E-state index contributed by atoms with van der Waals surface area (Å²) in [5, 5.41) is 0.683. The molecule has 4 radical (unpaired) electrons. The van der Waals surface area contributed by atoms with Gasteiger partial charge in [-0.3, -0.25) is 4.98 Å². The van der Waals surface area contributed by atoms with E-state index in [4.69, 9.17) is 11.6 Å². The van der Waals surface area contributed by atoms with Gasteiger partial charge in [-0.2, -0.15) is 0 Å². The molecule has 0 spiro atoms. The van der Waals surface area contributed by atoms with Crippen LogP contribution in [0, 0.1) is 0 Å². The largest absolute Gasteiger partial charge is 0.263 e. The van der Waals surface area contributed by atoms with Crippen LogP contribution in [0.1, 0.15) is 80.1 Å². The van der Waals surface area contributed by atoms with Crippen molar-refractivity contribution in [3.63, 3.8) is 0 Å². The van der Waals surface area contributed by atoms with E-state index in [1.54, 1.807) is 24.5 Å². The molecular weight excluding hydrogens is 372 g/mol. The van der Waals surface area contributed by atoms with Gasteiger partial charge in [0.2, 0.25) is 0 Å². The first-order chi connectivity index (χ1) is 9.14. The molecule has 0 saturated carbocycles. The maximum atomic E-state index is 5.48. The number of nitrogens with zero attached hydrogens (tertiary/aromatic N) is 1. The molecule has 1 nitrogen and oxygen atoms in total. The van der Waals surface area contributed by atoms with Gasteiger partial charge in [-0.25, -0.2) is 0 Å². The number of unbranched alkanes of at least 4 members (excludes halogenated alkanes) is 3. The quantitative estimate of drug-likeness (QED) is 0.505. The maximum absolute atomic E-state index is 5.48. The Labute approximate surface area is 149 Å². The third-order valence-corrected chi connectivity index (χ3v) is 2.35. The average molecular weight is 407 g/mol. The Bertz CT molecular complexity index is 202. The van der Waals surface area contributed by atoms with E-state index in [-0.39, 0.29) is 23.9 Å². The normalized spacial score (nSPS) is 7.55. The molecule has 20 heavy (non-hydrogen) atoms. The summed E-state index contributed by atoms with van der Waals surface area (Å²) >= 11 is 5.48. The molecule has 118 valence electrons. The molecule has 0 amide bonds. The maximum Gasteiger partial charge on any atom is 0.0589 e. The van der Waals surface area contributed by atoms with E-state index in [0.717, 1.165) is 0 Å². The van der Waals surface area contributed by atoms with E-state index < -0.39 is 0 Å². The van der Waals surface area contributed by atoms with E-state index in [2.05, 4.69) is 46.5 Å². The molecule has 0 N–H and O–H groups in total. The average Bonchev–Trinajstić information content (AvgIpc) is 2.48. The van der Waals surface area contributed by atoms with Crippen molar-refractivity contribution in [1.82, 2.24) is 4.98 Å². The number of pyridine rings is 1. The second kappa shape index (κ2) is 31.6. The Morgan fingerprint density at radius 2 is 1.15 bits per heavy atom. The zero-order valence-corrected chi connectivity index (χ0v) is 18.0. The second-order valence-electron chi connectivity index (χ2n) is 4.17. The molecule has 3 heteroatoms. The Balaban J connectivity index is -0.0000000881. The van der Waals surface area contributed by atoms with Gasteiger partial charge in [0, 0.05) is 36.3 Å². The molecular formula is C17H34ClNSn. The van der Waals surface area contributed by atoms with Gasteiger partial charge in [-0.15, -0.1) is 0 Å². The van der Waals surface area contributed by atoms with Crippen molar-refractivity contribution in [1.29, 1.82) is 0 Å². The smallest absolute Gasteiger partial charge is 0.0589 e. The minimum absolute atomic E-state index is 0. The zero-order chi connectivity index (χ0) is 15.4. The van der Waals surface area contributed by atoms with Crippen LogP contribution in [0.3, 0.4) is 0 Å². The summed E-state index contributed by atoms with van der Waals surface area (Å²) < 4.78 is 0. The number of hydrogen-bond donors (Lipinski definition) is 0. The molecule has 0 aliphatic heterocycles. The van der Waals surface area contributed by atoms with Crippen molar-refractivity contribution >= 4 is 35.5 Å². The number of halogens is 1. The summed E-state index contributed by atoms with van der Waals surface area (Å²) in [5.74, 6) is 0. The Morgan fingerprint density at radius 3 is 1.25 bits per heavy atom. The van der Waals surface area contributed by atoms with Gasteiger partial charge in [0.05, 0.1) is 5.02 Å². The summed E-state index contributed by atoms with van der Waals surface area (Å²) in [5.41, 5.74) is 0. The van der Waals surface area contributed by atoms with E-state index in [1.807, 2.05) is 0 Å². The number of aromatic nitrogens is 1. The van der Waals surface area contributed by atoms with Crippen LogP contribution in [0.25, 0.3) is 0 Å². The Hall–Kier alpha value is 0.239. The van der Waals surface area contributed by atoms with Crippen molar-refractivity contribution in [2.45, 2.75) is 80.1 Å². The molecule has 0 saturated heterocycles. The standard InChI is InChI=1S/C5H4ClN.3C4H10.Sn/c6-5-2-1-3-7-4-5;3*1-3-4-2;/h1-4H;3*3-4H2,1-2H3;. The minimum Gasteiger partial charge on any atom is -0.263 e. The predicted octanol–water partition coefficient (Wildman–Crippen LogP) is 6.77. The summed E-state index contributed by atoms with van der Waals surface area (Å²) in [6.45, 7) is 13.1. The van der Waals surface area contributed by atoms with Crippen molar-refractivity contribution in [2.24, 2.45) is 0 Å². The fourth-order valence-corrected chi connectivity index (χ4v) is 0.471. The SMILES string of the molecule is CCCC.CCCC.CCCC.Clc1cccnc1.[Sn]. The van der Waals surface area contributed by atoms with E-state index in [0.29, 0.717) is 5.02 Å². The van der Waals surface area contributed by atoms with Gasteiger partial charge in [0.25, 0.3) is 0 Å². The molecule has 0 aliphatic rings. The third kappa shape index (κ3) is 42.9. The minimum atomic E-state index is 0.